The van der Waals surface area contributed by atoms with Gasteiger partial charge in [0, 0.05) is 23.6 Å². The van der Waals surface area contributed by atoms with Gasteiger partial charge in [-0.3, -0.25) is 4.79 Å². The molecule has 0 saturated heterocycles. The average molecular weight is 506 g/mol. The van der Waals surface area contributed by atoms with Crippen LogP contribution in [0.3, 0.4) is 0 Å². The van der Waals surface area contributed by atoms with Crippen LogP contribution >= 0.6 is 11.6 Å². The first-order valence-electron chi connectivity index (χ1n) is 10.5. The summed E-state index contributed by atoms with van der Waals surface area (Å²) in [5, 5.41) is 4.33. The van der Waals surface area contributed by atoms with Gasteiger partial charge in [-0.1, -0.05) is 28.9 Å². The molecule has 0 bridgehead atoms. The molecule has 0 aliphatic carbocycles. The summed E-state index contributed by atoms with van der Waals surface area (Å²) in [6.45, 7) is 0.153. The molecule has 0 aliphatic rings. The summed E-state index contributed by atoms with van der Waals surface area (Å²) in [5.74, 6) is 0.951. The minimum absolute atomic E-state index is 0.0288. The van der Waals surface area contributed by atoms with Gasteiger partial charge in [0.15, 0.2) is 6.61 Å². The van der Waals surface area contributed by atoms with Gasteiger partial charge in [0.05, 0.1) is 18.4 Å². The van der Waals surface area contributed by atoms with Gasteiger partial charge in [0.25, 0.3) is 5.91 Å². The first kappa shape index (κ1) is 24.3. The van der Waals surface area contributed by atoms with E-state index in [9.17, 15) is 18.0 Å². The third kappa shape index (κ3) is 6.63. The van der Waals surface area contributed by atoms with Gasteiger partial charge in [-0.15, -0.1) is 0 Å². The van der Waals surface area contributed by atoms with Crippen LogP contribution in [-0.2, 0) is 23.9 Å². The summed E-state index contributed by atoms with van der Waals surface area (Å²) < 4.78 is 55.1. The number of amides is 1. The number of nitrogens with zero attached hydrogens (tertiary/aromatic N) is 3. The number of hydrogen-bond donors (Lipinski definition) is 0. The molecule has 0 radical (unpaired) electrons. The van der Waals surface area contributed by atoms with E-state index in [1.165, 1.54) is 23.3 Å². The smallest absolute Gasteiger partial charge is 0.416 e. The predicted molar refractivity (Wildman–Crippen MR) is 120 cm³/mol. The molecule has 0 spiro atoms. The van der Waals surface area contributed by atoms with E-state index >= 15 is 0 Å². The Morgan fingerprint density at radius 2 is 1.89 bits per heavy atom. The number of alkyl halides is 3. The van der Waals surface area contributed by atoms with Gasteiger partial charge in [-0.2, -0.15) is 18.2 Å². The summed E-state index contributed by atoms with van der Waals surface area (Å²) in [6, 6.07) is 14.7. The van der Waals surface area contributed by atoms with Crippen LogP contribution in [0.25, 0.3) is 11.4 Å². The number of carbonyl (C=O) groups excluding carboxylic acids is 1. The highest BCUT2D eigenvalue weighted by atomic mass is 35.5. The van der Waals surface area contributed by atoms with E-state index in [1.807, 2.05) is 0 Å². The Hall–Kier alpha value is -3.79. The molecule has 11 heteroatoms. The van der Waals surface area contributed by atoms with Crippen molar-refractivity contribution in [2.24, 2.45) is 0 Å². The first-order valence-corrected chi connectivity index (χ1v) is 10.8. The molecule has 182 valence electrons. The van der Waals surface area contributed by atoms with Gasteiger partial charge in [-0.05, 0) is 48.5 Å². The number of ether oxygens (including phenoxy) is 1. The van der Waals surface area contributed by atoms with Gasteiger partial charge in [-0.25, -0.2) is 0 Å². The topological polar surface area (TPSA) is 81.6 Å². The molecular formula is C24H19ClF3N3O4. The molecule has 0 atom stereocenters. The third-order valence-electron chi connectivity index (χ3n) is 4.97. The van der Waals surface area contributed by atoms with E-state index in [0.29, 0.717) is 16.5 Å². The lowest BCUT2D eigenvalue weighted by Crippen LogP contribution is -2.36. The Morgan fingerprint density at radius 3 is 2.60 bits per heavy atom. The maximum Gasteiger partial charge on any atom is 0.416 e. The number of halogens is 4. The van der Waals surface area contributed by atoms with Crippen molar-refractivity contribution < 1.29 is 31.6 Å². The lowest BCUT2D eigenvalue weighted by molar-refractivity contribution is -0.137. The Balaban J connectivity index is 1.42. The van der Waals surface area contributed by atoms with E-state index in [2.05, 4.69) is 10.1 Å². The quantitative estimate of drug-likeness (QED) is 0.292. The van der Waals surface area contributed by atoms with Crippen LogP contribution in [0.2, 0.25) is 5.02 Å². The van der Waals surface area contributed by atoms with Crippen LogP contribution in [0.1, 0.15) is 17.2 Å². The van der Waals surface area contributed by atoms with Crippen LogP contribution in [0.15, 0.2) is 75.9 Å². The van der Waals surface area contributed by atoms with Gasteiger partial charge >= 0.3 is 6.18 Å². The molecule has 0 saturated carbocycles. The van der Waals surface area contributed by atoms with Crippen molar-refractivity contribution in [2.45, 2.75) is 19.1 Å². The molecule has 0 N–H and O–H groups in total. The predicted octanol–water partition coefficient (Wildman–Crippen LogP) is 5.65. The van der Waals surface area contributed by atoms with E-state index < -0.39 is 11.7 Å². The van der Waals surface area contributed by atoms with Crippen LogP contribution in [0.5, 0.6) is 5.75 Å². The molecular weight excluding hydrogens is 487 g/mol. The standard InChI is InChI=1S/C24H19ClF3N3O4/c25-18-6-8-19(9-7-18)34-15-22(32)31(14-20-5-2-12-33-20)11-10-21-29-23(30-35-21)16-3-1-4-17(13-16)24(26,27)28/h1-9,12-13H,10-11,14-15H2. The van der Waals surface area contributed by atoms with Crippen molar-refractivity contribution in [1.82, 2.24) is 15.0 Å². The molecule has 0 fully saturated rings. The summed E-state index contributed by atoms with van der Waals surface area (Å²) in [6.07, 6.45) is -2.80. The van der Waals surface area contributed by atoms with Crippen LogP contribution in [0.4, 0.5) is 13.2 Å². The maximum atomic E-state index is 13.0. The lowest BCUT2D eigenvalue weighted by atomic mass is 10.1. The summed E-state index contributed by atoms with van der Waals surface area (Å²) >= 11 is 5.86. The zero-order chi connectivity index (χ0) is 24.8. The molecule has 0 aliphatic heterocycles. The third-order valence-corrected chi connectivity index (χ3v) is 5.22. The molecule has 2 aromatic heterocycles. The second-order valence-corrected chi connectivity index (χ2v) is 7.91. The van der Waals surface area contributed by atoms with E-state index in [0.717, 1.165) is 12.1 Å². The van der Waals surface area contributed by atoms with Crippen LogP contribution in [-0.4, -0.2) is 34.1 Å². The lowest BCUT2D eigenvalue weighted by Gasteiger charge is -2.21. The van der Waals surface area contributed by atoms with Gasteiger partial charge in [0.1, 0.15) is 11.5 Å². The highest BCUT2D eigenvalue weighted by molar-refractivity contribution is 6.30. The van der Waals surface area contributed by atoms with Gasteiger partial charge in [0.2, 0.25) is 11.7 Å². The van der Waals surface area contributed by atoms with E-state index in [-0.39, 0.29) is 49.3 Å². The van der Waals surface area contributed by atoms with Crippen LogP contribution < -0.4 is 4.74 Å². The fraction of sp³-hybridized carbons (Fsp3) is 0.208. The largest absolute Gasteiger partial charge is 0.484 e. The molecule has 0 unspecified atom stereocenters. The summed E-state index contributed by atoms with van der Waals surface area (Å²) in [5.41, 5.74) is -0.632. The number of hydrogen-bond acceptors (Lipinski definition) is 6. The molecule has 4 rings (SSSR count). The Morgan fingerprint density at radius 1 is 1.09 bits per heavy atom. The zero-order valence-corrected chi connectivity index (χ0v) is 18.9. The minimum Gasteiger partial charge on any atom is -0.484 e. The van der Waals surface area contributed by atoms with Crippen molar-refractivity contribution in [3.05, 3.63) is 89.2 Å². The summed E-state index contributed by atoms with van der Waals surface area (Å²) in [4.78, 5) is 18.5. The van der Waals surface area contributed by atoms with Crippen LogP contribution in [0, 0.1) is 0 Å². The Kier molecular flexibility index (Phi) is 7.40. The normalized spacial score (nSPS) is 11.4. The fourth-order valence-corrected chi connectivity index (χ4v) is 3.31. The zero-order valence-electron chi connectivity index (χ0n) is 18.2. The second-order valence-electron chi connectivity index (χ2n) is 7.48. The highest BCUT2D eigenvalue weighted by Gasteiger charge is 2.30. The van der Waals surface area contributed by atoms with Crippen molar-refractivity contribution >= 4 is 17.5 Å². The number of carbonyl (C=O) groups is 1. The molecule has 7 nitrogen and oxygen atoms in total. The van der Waals surface area contributed by atoms with Crippen molar-refractivity contribution in [2.75, 3.05) is 13.2 Å². The van der Waals surface area contributed by atoms with Crippen molar-refractivity contribution in [1.29, 1.82) is 0 Å². The number of furan rings is 1. The van der Waals surface area contributed by atoms with E-state index in [4.69, 9.17) is 25.3 Å². The highest BCUT2D eigenvalue weighted by Crippen LogP contribution is 2.31. The maximum absolute atomic E-state index is 13.0. The Bertz CT molecular complexity index is 1260. The average Bonchev–Trinajstić information content (AvgIpc) is 3.53. The van der Waals surface area contributed by atoms with E-state index in [1.54, 1.807) is 36.4 Å². The molecule has 2 heterocycles. The number of benzene rings is 2. The minimum atomic E-state index is -4.48. The number of rotatable bonds is 9. The fourth-order valence-electron chi connectivity index (χ4n) is 3.19. The van der Waals surface area contributed by atoms with Gasteiger partial charge < -0.3 is 18.6 Å². The second kappa shape index (κ2) is 10.6. The molecule has 1 amide bonds. The Labute approximate surface area is 203 Å². The molecule has 4 aromatic rings. The first-order chi connectivity index (χ1) is 16.8. The summed E-state index contributed by atoms with van der Waals surface area (Å²) in [7, 11) is 0. The molecule has 2 aromatic carbocycles. The molecule has 35 heavy (non-hydrogen) atoms. The SMILES string of the molecule is O=C(COc1ccc(Cl)cc1)N(CCc1nc(-c2cccc(C(F)(F)F)c2)no1)Cc1ccco1. The monoisotopic (exact) mass is 505 g/mol. The van der Waals surface area contributed by atoms with Crippen molar-refractivity contribution in [3.8, 4) is 17.1 Å². The van der Waals surface area contributed by atoms with Crippen molar-refractivity contribution in [3.63, 3.8) is 0 Å². The number of aromatic nitrogens is 2.